The van der Waals surface area contributed by atoms with Crippen LogP contribution in [0.4, 0.5) is 0 Å². The molecule has 2 aliphatic heterocycles. The van der Waals surface area contributed by atoms with Crippen molar-refractivity contribution >= 4 is 16.8 Å². The number of rotatable bonds is 4. The highest BCUT2D eigenvalue weighted by atomic mass is 16.5. The summed E-state index contributed by atoms with van der Waals surface area (Å²) in [4.78, 5) is 21.1. The van der Waals surface area contributed by atoms with E-state index in [0.717, 1.165) is 62.0 Å². The van der Waals surface area contributed by atoms with Gasteiger partial charge in [0.2, 0.25) is 5.91 Å². The van der Waals surface area contributed by atoms with Crippen LogP contribution >= 0.6 is 0 Å². The Morgan fingerprint density at radius 2 is 2.04 bits per heavy atom. The molecular formula is C22H26N4O2. The Morgan fingerprint density at radius 3 is 2.75 bits per heavy atom. The van der Waals surface area contributed by atoms with Crippen molar-refractivity contribution in [3.05, 3.63) is 36.0 Å². The maximum Gasteiger partial charge on any atom is 0.236 e. The van der Waals surface area contributed by atoms with E-state index in [-0.39, 0.29) is 12.0 Å². The van der Waals surface area contributed by atoms with Crippen LogP contribution in [0.2, 0.25) is 0 Å². The maximum absolute atomic E-state index is 12.5. The fraction of sp³-hybridized carbons (Fsp3) is 0.500. The lowest BCUT2D eigenvalue weighted by Gasteiger charge is -2.33. The first-order valence-corrected chi connectivity index (χ1v) is 10.1. The third kappa shape index (κ3) is 3.95. The molecule has 0 N–H and O–H groups in total. The van der Waals surface area contributed by atoms with Crippen molar-refractivity contribution in [3.63, 3.8) is 0 Å². The highest BCUT2D eigenvalue weighted by Crippen LogP contribution is 2.27. The number of aromatic nitrogens is 1. The molecule has 4 rings (SSSR count). The number of benzene rings is 1. The van der Waals surface area contributed by atoms with E-state index in [1.54, 1.807) is 6.07 Å². The number of pyridine rings is 1. The summed E-state index contributed by atoms with van der Waals surface area (Å²) in [5.41, 5.74) is 1.19. The minimum Gasteiger partial charge on any atom is -0.490 e. The molecule has 146 valence electrons. The number of hydrogen-bond donors (Lipinski definition) is 0. The van der Waals surface area contributed by atoms with E-state index in [1.807, 2.05) is 29.2 Å². The zero-order valence-electron chi connectivity index (χ0n) is 16.3. The van der Waals surface area contributed by atoms with Gasteiger partial charge in [0.05, 0.1) is 12.1 Å². The minimum absolute atomic E-state index is 0.137. The molecule has 28 heavy (non-hydrogen) atoms. The first-order chi connectivity index (χ1) is 13.6. The summed E-state index contributed by atoms with van der Waals surface area (Å²) >= 11 is 0. The molecule has 0 bridgehead atoms. The molecule has 0 unspecified atom stereocenters. The Hall–Kier alpha value is -2.65. The summed E-state index contributed by atoms with van der Waals surface area (Å²) in [5.74, 6) is 1.08. The Kier molecular flexibility index (Phi) is 5.45. The molecule has 0 spiro atoms. The van der Waals surface area contributed by atoms with Crippen LogP contribution in [0.15, 0.2) is 30.3 Å². The standard InChI is InChI=1S/C22H26N4O2/c1-16-4-3-11-26(16)22(27)15-25-12-9-18(10-13-25)28-21-6-2-5-20-19(21)8-7-17(14-23)24-20/h2,5-8,16,18H,3-4,9-13,15H2,1H3/t16-/m1/s1. The van der Waals surface area contributed by atoms with Gasteiger partial charge in [-0.3, -0.25) is 9.69 Å². The smallest absolute Gasteiger partial charge is 0.236 e. The van der Waals surface area contributed by atoms with Crippen LogP contribution in [-0.2, 0) is 4.79 Å². The van der Waals surface area contributed by atoms with Crippen molar-refractivity contribution in [1.82, 2.24) is 14.8 Å². The molecule has 0 aliphatic carbocycles. The molecule has 2 saturated heterocycles. The number of likely N-dealkylation sites (tertiary alicyclic amines) is 2. The highest BCUT2D eigenvalue weighted by molar-refractivity contribution is 5.85. The van der Waals surface area contributed by atoms with Crippen molar-refractivity contribution in [2.75, 3.05) is 26.2 Å². The van der Waals surface area contributed by atoms with Gasteiger partial charge >= 0.3 is 0 Å². The SMILES string of the molecule is C[C@@H]1CCCN1C(=O)CN1CCC(Oc2cccc3nc(C#N)ccc23)CC1. The predicted octanol–water partition coefficient (Wildman–Crippen LogP) is 2.96. The molecule has 6 heteroatoms. The lowest BCUT2D eigenvalue weighted by Crippen LogP contribution is -2.45. The second-order valence-electron chi connectivity index (χ2n) is 7.80. The fourth-order valence-corrected chi connectivity index (χ4v) is 4.24. The van der Waals surface area contributed by atoms with Crippen molar-refractivity contribution in [3.8, 4) is 11.8 Å². The zero-order valence-corrected chi connectivity index (χ0v) is 16.3. The lowest BCUT2D eigenvalue weighted by atomic mass is 10.1. The van der Waals surface area contributed by atoms with E-state index in [0.29, 0.717) is 18.3 Å². The Labute approximate surface area is 165 Å². The highest BCUT2D eigenvalue weighted by Gasteiger charge is 2.28. The number of amides is 1. The number of ether oxygens (including phenoxy) is 1. The van der Waals surface area contributed by atoms with E-state index < -0.39 is 0 Å². The Bertz CT molecular complexity index is 899. The first kappa shape index (κ1) is 18.7. The van der Waals surface area contributed by atoms with Crippen LogP contribution in [0.5, 0.6) is 5.75 Å². The van der Waals surface area contributed by atoms with Crippen molar-refractivity contribution in [1.29, 1.82) is 5.26 Å². The molecule has 3 heterocycles. The number of piperidine rings is 1. The number of nitriles is 1. The number of nitrogens with zero attached hydrogens (tertiary/aromatic N) is 4. The number of hydrogen-bond acceptors (Lipinski definition) is 5. The van der Waals surface area contributed by atoms with Gasteiger partial charge in [-0.1, -0.05) is 6.07 Å². The van der Waals surface area contributed by atoms with E-state index in [4.69, 9.17) is 10.00 Å². The summed E-state index contributed by atoms with van der Waals surface area (Å²) in [6.07, 6.45) is 4.19. The van der Waals surface area contributed by atoms with Gasteiger partial charge in [0.15, 0.2) is 0 Å². The van der Waals surface area contributed by atoms with E-state index in [1.165, 1.54) is 0 Å². The van der Waals surface area contributed by atoms with Crippen molar-refractivity contribution < 1.29 is 9.53 Å². The van der Waals surface area contributed by atoms with Crippen LogP contribution in [-0.4, -0.2) is 59.0 Å². The molecule has 1 atom stereocenters. The normalized spacial score (nSPS) is 21.0. The van der Waals surface area contributed by atoms with Crippen LogP contribution in [0, 0.1) is 11.3 Å². The van der Waals surface area contributed by atoms with Gasteiger partial charge in [0.1, 0.15) is 23.6 Å². The molecular weight excluding hydrogens is 352 g/mol. The van der Waals surface area contributed by atoms with Gasteiger partial charge in [-0.15, -0.1) is 0 Å². The molecule has 1 aromatic heterocycles. The maximum atomic E-state index is 12.5. The molecule has 1 aromatic carbocycles. The van der Waals surface area contributed by atoms with Gasteiger partial charge in [0.25, 0.3) is 0 Å². The summed E-state index contributed by atoms with van der Waals surface area (Å²) in [5, 5.41) is 9.96. The molecule has 2 fully saturated rings. The quantitative estimate of drug-likeness (QED) is 0.818. The summed E-state index contributed by atoms with van der Waals surface area (Å²) in [6.45, 7) is 5.32. The third-order valence-electron chi connectivity index (χ3n) is 5.87. The van der Waals surface area contributed by atoms with Crippen LogP contribution in [0.25, 0.3) is 10.9 Å². The van der Waals surface area contributed by atoms with E-state index in [9.17, 15) is 4.79 Å². The minimum atomic E-state index is 0.137. The van der Waals surface area contributed by atoms with E-state index >= 15 is 0 Å². The fourth-order valence-electron chi connectivity index (χ4n) is 4.24. The first-order valence-electron chi connectivity index (χ1n) is 10.1. The van der Waals surface area contributed by atoms with Gasteiger partial charge in [0, 0.05) is 31.1 Å². The third-order valence-corrected chi connectivity index (χ3v) is 5.87. The summed E-state index contributed by atoms with van der Waals surface area (Å²) in [7, 11) is 0. The predicted molar refractivity (Wildman–Crippen MR) is 107 cm³/mol. The molecule has 6 nitrogen and oxygen atoms in total. The van der Waals surface area contributed by atoms with Gasteiger partial charge < -0.3 is 9.64 Å². The average Bonchev–Trinajstić information content (AvgIpc) is 3.15. The van der Waals surface area contributed by atoms with E-state index in [2.05, 4.69) is 22.9 Å². The largest absolute Gasteiger partial charge is 0.490 e. The van der Waals surface area contributed by atoms with Crippen LogP contribution in [0.3, 0.4) is 0 Å². The van der Waals surface area contributed by atoms with Gasteiger partial charge in [-0.25, -0.2) is 4.98 Å². The molecule has 1 amide bonds. The molecule has 2 aliphatic rings. The van der Waals surface area contributed by atoms with Crippen LogP contribution in [0.1, 0.15) is 38.3 Å². The lowest BCUT2D eigenvalue weighted by molar-refractivity contribution is -0.133. The monoisotopic (exact) mass is 378 g/mol. The summed E-state index contributed by atoms with van der Waals surface area (Å²) < 4.78 is 6.27. The number of carbonyl (C=O) groups excluding carboxylic acids is 1. The Morgan fingerprint density at radius 1 is 1.21 bits per heavy atom. The zero-order chi connectivity index (χ0) is 19.5. The summed E-state index contributed by atoms with van der Waals surface area (Å²) in [6, 6.07) is 11.9. The van der Waals surface area contributed by atoms with Crippen molar-refractivity contribution in [2.45, 2.75) is 44.8 Å². The molecule has 0 saturated carbocycles. The van der Waals surface area contributed by atoms with Crippen molar-refractivity contribution in [2.24, 2.45) is 0 Å². The van der Waals surface area contributed by atoms with Gasteiger partial charge in [-0.2, -0.15) is 5.26 Å². The number of fused-ring (bicyclic) bond motifs is 1. The second kappa shape index (κ2) is 8.15. The van der Waals surface area contributed by atoms with Crippen LogP contribution < -0.4 is 4.74 Å². The Balaban J connectivity index is 1.34. The number of carbonyl (C=O) groups is 1. The topological polar surface area (TPSA) is 69.5 Å². The van der Waals surface area contributed by atoms with Gasteiger partial charge in [-0.05, 0) is 56.9 Å². The molecule has 2 aromatic rings. The average molecular weight is 378 g/mol. The molecule has 0 radical (unpaired) electrons. The second-order valence-corrected chi connectivity index (χ2v) is 7.80.